The first-order valence-electron chi connectivity index (χ1n) is 9.00. The Labute approximate surface area is 173 Å². The van der Waals surface area contributed by atoms with Crippen molar-refractivity contribution in [3.8, 4) is 0 Å². The molecule has 30 heavy (non-hydrogen) atoms. The summed E-state index contributed by atoms with van der Waals surface area (Å²) < 4.78 is 45.7. The maximum Gasteiger partial charge on any atom is 0.261 e. The number of hydrogen-bond donors (Lipinski definition) is 2. The van der Waals surface area contributed by atoms with Crippen LogP contribution in [0.2, 0.25) is 0 Å². The summed E-state index contributed by atoms with van der Waals surface area (Å²) in [4.78, 5) is 16.6. The lowest BCUT2D eigenvalue weighted by Crippen LogP contribution is -2.41. The standard InChI is InChI=1S/C20H21FN4O4S/c1-12-11-16(9-10-17(12)21)30(27,28)25-15-7-5-14(6-8-15)18(26)23-20(3,4)19-22-13(2)29-24-19/h5-11,25H,1-4H3,(H,23,26). The molecule has 2 N–H and O–H groups in total. The molecule has 8 nitrogen and oxygen atoms in total. The predicted octanol–water partition coefficient (Wildman–Crippen LogP) is 3.29. The smallest absolute Gasteiger partial charge is 0.261 e. The van der Waals surface area contributed by atoms with Crippen molar-refractivity contribution >= 4 is 21.6 Å². The van der Waals surface area contributed by atoms with Gasteiger partial charge in [0, 0.05) is 18.2 Å². The largest absolute Gasteiger partial charge is 0.340 e. The number of amides is 1. The number of benzene rings is 2. The van der Waals surface area contributed by atoms with E-state index in [-0.39, 0.29) is 22.1 Å². The van der Waals surface area contributed by atoms with Crippen LogP contribution in [0.5, 0.6) is 0 Å². The Morgan fingerprint density at radius 3 is 2.33 bits per heavy atom. The summed E-state index contributed by atoms with van der Waals surface area (Å²) in [6, 6.07) is 9.45. The van der Waals surface area contributed by atoms with Crippen LogP contribution < -0.4 is 10.0 Å². The van der Waals surface area contributed by atoms with Gasteiger partial charge < -0.3 is 9.84 Å². The Bertz CT molecular complexity index is 1190. The van der Waals surface area contributed by atoms with Gasteiger partial charge in [-0.3, -0.25) is 9.52 Å². The van der Waals surface area contributed by atoms with E-state index >= 15 is 0 Å². The van der Waals surface area contributed by atoms with E-state index in [1.165, 1.54) is 43.3 Å². The second kappa shape index (κ2) is 7.86. The van der Waals surface area contributed by atoms with Crippen molar-refractivity contribution in [2.75, 3.05) is 4.72 Å². The number of nitrogens with one attached hydrogen (secondary N) is 2. The molecular formula is C20H21FN4O4S. The molecule has 0 bridgehead atoms. The molecule has 0 saturated heterocycles. The van der Waals surface area contributed by atoms with E-state index in [0.717, 1.165) is 6.07 Å². The number of nitrogens with zero attached hydrogens (tertiary/aromatic N) is 2. The zero-order chi connectivity index (χ0) is 22.1. The molecule has 1 amide bonds. The molecule has 0 aliphatic rings. The van der Waals surface area contributed by atoms with Crippen LogP contribution in [0.3, 0.4) is 0 Å². The Hall–Kier alpha value is -3.27. The molecule has 0 radical (unpaired) electrons. The van der Waals surface area contributed by atoms with Crippen LogP contribution in [0.25, 0.3) is 0 Å². The first-order valence-corrected chi connectivity index (χ1v) is 10.5. The van der Waals surface area contributed by atoms with Crippen molar-refractivity contribution in [1.82, 2.24) is 15.5 Å². The van der Waals surface area contributed by atoms with E-state index in [1.54, 1.807) is 20.8 Å². The molecule has 0 saturated carbocycles. The third-order valence-electron chi connectivity index (χ3n) is 4.35. The number of sulfonamides is 1. The van der Waals surface area contributed by atoms with Crippen molar-refractivity contribution in [3.05, 3.63) is 71.1 Å². The van der Waals surface area contributed by atoms with Gasteiger partial charge in [-0.25, -0.2) is 12.8 Å². The Balaban J connectivity index is 1.72. The van der Waals surface area contributed by atoms with Gasteiger partial charge in [-0.15, -0.1) is 0 Å². The van der Waals surface area contributed by atoms with Crippen molar-refractivity contribution in [2.45, 2.75) is 38.1 Å². The molecular weight excluding hydrogens is 411 g/mol. The van der Waals surface area contributed by atoms with Gasteiger partial charge in [-0.1, -0.05) is 5.16 Å². The lowest BCUT2D eigenvalue weighted by molar-refractivity contribution is 0.0907. The minimum Gasteiger partial charge on any atom is -0.340 e. The van der Waals surface area contributed by atoms with Gasteiger partial charge in [0.05, 0.1) is 10.4 Å². The number of hydrogen-bond acceptors (Lipinski definition) is 6. The van der Waals surface area contributed by atoms with Crippen LogP contribution in [0.4, 0.5) is 10.1 Å². The van der Waals surface area contributed by atoms with Gasteiger partial charge in [0.2, 0.25) is 5.89 Å². The summed E-state index contributed by atoms with van der Waals surface area (Å²) in [5.41, 5.74) is -0.0509. The maximum absolute atomic E-state index is 13.4. The fourth-order valence-electron chi connectivity index (χ4n) is 2.65. The second-order valence-corrected chi connectivity index (χ2v) is 8.99. The molecule has 2 aromatic carbocycles. The third-order valence-corrected chi connectivity index (χ3v) is 5.73. The van der Waals surface area contributed by atoms with E-state index in [9.17, 15) is 17.6 Å². The SMILES string of the molecule is Cc1nc(C(C)(C)NC(=O)c2ccc(NS(=O)(=O)c3ccc(F)c(C)c3)cc2)no1. The zero-order valence-corrected chi connectivity index (χ0v) is 17.7. The number of halogens is 1. The molecule has 10 heteroatoms. The van der Waals surface area contributed by atoms with Gasteiger partial charge >= 0.3 is 0 Å². The van der Waals surface area contributed by atoms with Crippen molar-refractivity contribution < 1.29 is 22.1 Å². The van der Waals surface area contributed by atoms with Crippen molar-refractivity contribution in [2.24, 2.45) is 0 Å². The average molecular weight is 432 g/mol. The molecule has 0 unspecified atom stereocenters. The fourth-order valence-corrected chi connectivity index (χ4v) is 3.80. The highest BCUT2D eigenvalue weighted by Crippen LogP contribution is 2.20. The molecule has 1 aromatic heterocycles. The van der Waals surface area contributed by atoms with Gasteiger partial charge in [0.1, 0.15) is 5.82 Å². The molecule has 1 heterocycles. The van der Waals surface area contributed by atoms with Crippen LogP contribution in [-0.2, 0) is 15.6 Å². The topological polar surface area (TPSA) is 114 Å². The summed E-state index contributed by atoms with van der Waals surface area (Å²) in [7, 11) is -3.89. The first kappa shape index (κ1) is 21.4. The highest BCUT2D eigenvalue weighted by Gasteiger charge is 2.28. The number of aromatic nitrogens is 2. The van der Waals surface area contributed by atoms with Crippen LogP contribution in [0, 0.1) is 19.7 Å². The van der Waals surface area contributed by atoms with E-state index in [4.69, 9.17) is 4.52 Å². The minimum atomic E-state index is -3.89. The number of rotatable bonds is 6. The number of carbonyl (C=O) groups is 1. The van der Waals surface area contributed by atoms with Crippen LogP contribution >= 0.6 is 0 Å². The lowest BCUT2D eigenvalue weighted by atomic mass is 10.0. The molecule has 0 aliphatic heterocycles. The highest BCUT2D eigenvalue weighted by atomic mass is 32.2. The minimum absolute atomic E-state index is 0.0552. The van der Waals surface area contributed by atoms with Crippen molar-refractivity contribution in [3.63, 3.8) is 0 Å². The molecule has 0 aliphatic carbocycles. The van der Waals surface area contributed by atoms with Crippen LogP contribution in [-0.4, -0.2) is 24.5 Å². The Kier molecular flexibility index (Phi) is 5.62. The van der Waals surface area contributed by atoms with E-state index in [1.807, 2.05) is 0 Å². The van der Waals surface area contributed by atoms with E-state index in [0.29, 0.717) is 17.3 Å². The number of carbonyl (C=O) groups excluding carboxylic acids is 1. The Morgan fingerprint density at radius 2 is 1.77 bits per heavy atom. The number of anilines is 1. The molecule has 0 fully saturated rings. The van der Waals surface area contributed by atoms with E-state index in [2.05, 4.69) is 20.2 Å². The summed E-state index contributed by atoms with van der Waals surface area (Å²) in [6.07, 6.45) is 0. The Morgan fingerprint density at radius 1 is 1.10 bits per heavy atom. The predicted molar refractivity (Wildman–Crippen MR) is 108 cm³/mol. The molecule has 158 valence electrons. The van der Waals surface area contributed by atoms with E-state index < -0.39 is 21.4 Å². The normalized spacial score (nSPS) is 11.9. The van der Waals surface area contributed by atoms with Crippen LogP contribution in [0.1, 0.15) is 41.5 Å². The van der Waals surface area contributed by atoms with Gasteiger partial charge in [0.25, 0.3) is 15.9 Å². The lowest BCUT2D eigenvalue weighted by Gasteiger charge is -2.22. The van der Waals surface area contributed by atoms with Gasteiger partial charge in [-0.05, 0) is 68.8 Å². The van der Waals surface area contributed by atoms with Gasteiger partial charge in [-0.2, -0.15) is 4.98 Å². The van der Waals surface area contributed by atoms with Crippen molar-refractivity contribution in [1.29, 1.82) is 0 Å². The molecule has 0 atom stereocenters. The molecule has 0 spiro atoms. The van der Waals surface area contributed by atoms with Gasteiger partial charge in [0.15, 0.2) is 5.82 Å². The zero-order valence-electron chi connectivity index (χ0n) is 16.9. The number of aryl methyl sites for hydroxylation is 2. The van der Waals surface area contributed by atoms with Crippen LogP contribution in [0.15, 0.2) is 51.9 Å². The summed E-state index contributed by atoms with van der Waals surface area (Å²) in [5.74, 6) is -0.137. The highest BCUT2D eigenvalue weighted by molar-refractivity contribution is 7.92. The second-order valence-electron chi connectivity index (χ2n) is 7.31. The first-order chi connectivity index (χ1) is 14.0. The monoisotopic (exact) mass is 432 g/mol. The quantitative estimate of drug-likeness (QED) is 0.618. The third kappa shape index (κ3) is 4.65. The summed E-state index contributed by atoms with van der Waals surface area (Å²) in [5, 5.41) is 6.64. The summed E-state index contributed by atoms with van der Waals surface area (Å²) >= 11 is 0. The molecule has 3 rings (SSSR count). The maximum atomic E-state index is 13.4. The fraction of sp³-hybridized carbons (Fsp3) is 0.250. The molecule has 3 aromatic rings. The average Bonchev–Trinajstić information content (AvgIpc) is 3.11. The summed E-state index contributed by atoms with van der Waals surface area (Å²) in [6.45, 7) is 6.62.